The fraction of sp³-hybridized carbons (Fsp3) is 0.194. The van der Waals surface area contributed by atoms with Gasteiger partial charge in [-0.15, -0.1) is 0 Å². The van der Waals surface area contributed by atoms with Gasteiger partial charge in [0.15, 0.2) is 5.58 Å². The maximum atomic E-state index is 10.9. The standard InChI is InChI=1S/C31H27NO6.2Na/c33-30(34)24(31(35)36)13-5-2-8-16-37-28-19-22-12-7-6-11-21(22)17-25(28)29-32-26-18-23(14-15-27(26)38-29)20-9-3-1-4-10-20;;/h1,3-4,6-7,9-12,14-15,17-19,24H,2,5,8,13,16H2,(H,33,34)(H,35,36);;/q;2*+1/p-2. The second-order valence-corrected chi connectivity index (χ2v) is 9.15. The average Bonchev–Trinajstić information content (AvgIpc) is 3.35. The van der Waals surface area contributed by atoms with E-state index < -0.39 is 17.9 Å². The molecular formula is C31H25NNa2O6. The minimum absolute atomic E-state index is 0. The zero-order valence-corrected chi connectivity index (χ0v) is 26.6. The summed E-state index contributed by atoms with van der Waals surface area (Å²) in [5, 5.41) is 23.9. The molecule has 192 valence electrons. The van der Waals surface area contributed by atoms with E-state index in [1.54, 1.807) is 0 Å². The van der Waals surface area contributed by atoms with Crippen molar-refractivity contribution in [2.75, 3.05) is 6.61 Å². The summed E-state index contributed by atoms with van der Waals surface area (Å²) in [6.45, 7) is 0.366. The van der Waals surface area contributed by atoms with Gasteiger partial charge in [0, 0.05) is 5.92 Å². The number of oxazole rings is 1. The zero-order valence-electron chi connectivity index (χ0n) is 22.6. The number of fused-ring (bicyclic) bond motifs is 2. The molecule has 40 heavy (non-hydrogen) atoms. The third-order valence-electron chi connectivity index (χ3n) is 6.54. The molecule has 0 aliphatic rings. The van der Waals surface area contributed by atoms with Crippen molar-refractivity contribution in [2.45, 2.75) is 25.7 Å². The molecule has 0 atom stereocenters. The number of carboxylic acids is 2. The Bertz CT molecular complexity index is 1590. The van der Waals surface area contributed by atoms with Crippen LogP contribution in [0.2, 0.25) is 0 Å². The van der Waals surface area contributed by atoms with Crippen LogP contribution in [0.4, 0.5) is 0 Å². The van der Waals surface area contributed by atoms with Gasteiger partial charge in [0.1, 0.15) is 11.3 Å². The van der Waals surface area contributed by atoms with Gasteiger partial charge in [-0.1, -0.05) is 73.5 Å². The third kappa shape index (κ3) is 7.55. The Morgan fingerprint density at radius 3 is 2.15 bits per heavy atom. The fourth-order valence-electron chi connectivity index (χ4n) is 4.50. The number of hydrogen-bond acceptors (Lipinski definition) is 7. The minimum atomic E-state index is -1.61. The number of carboxylic acid groups (broad SMARTS) is 2. The second kappa shape index (κ2) is 14.8. The molecule has 0 fully saturated rings. The third-order valence-corrected chi connectivity index (χ3v) is 6.54. The molecule has 9 heteroatoms. The zero-order chi connectivity index (χ0) is 26.5. The molecule has 0 spiro atoms. The Morgan fingerprint density at radius 1 is 0.775 bits per heavy atom. The number of aromatic nitrogens is 1. The maximum absolute atomic E-state index is 10.9. The van der Waals surface area contributed by atoms with Crippen LogP contribution in [0.15, 0.2) is 89.3 Å². The maximum Gasteiger partial charge on any atom is 1.00 e. The quantitative estimate of drug-likeness (QED) is 0.110. The largest absolute Gasteiger partial charge is 1.00 e. The summed E-state index contributed by atoms with van der Waals surface area (Å²) in [5.41, 5.74) is 4.30. The summed E-state index contributed by atoms with van der Waals surface area (Å²) >= 11 is 0. The van der Waals surface area contributed by atoms with E-state index in [4.69, 9.17) is 14.1 Å². The van der Waals surface area contributed by atoms with Gasteiger partial charge in [-0.2, -0.15) is 0 Å². The Morgan fingerprint density at radius 2 is 1.45 bits per heavy atom. The van der Waals surface area contributed by atoms with E-state index in [1.165, 1.54) is 0 Å². The summed E-state index contributed by atoms with van der Waals surface area (Å²) < 4.78 is 12.3. The smallest absolute Gasteiger partial charge is 0.549 e. The van der Waals surface area contributed by atoms with Crippen molar-refractivity contribution >= 4 is 33.8 Å². The molecule has 1 heterocycles. The van der Waals surface area contributed by atoms with Crippen molar-refractivity contribution < 1.29 is 88.1 Å². The molecule has 0 aliphatic carbocycles. The number of aliphatic carboxylic acids is 2. The number of carbonyl (C=O) groups excluding carboxylic acids is 2. The summed E-state index contributed by atoms with van der Waals surface area (Å²) in [6, 6.07) is 27.9. The summed E-state index contributed by atoms with van der Waals surface area (Å²) in [6.07, 6.45) is 1.60. The predicted molar refractivity (Wildman–Crippen MR) is 140 cm³/mol. The van der Waals surface area contributed by atoms with E-state index in [0.717, 1.165) is 33.0 Å². The number of rotatable bonds is 11. The molecule has 0 unspecified atom stereocenters. The Kier molecular flexibility index (Phi) is 11.8. The minimum Gasteiger partial charge on any atom is -0.549 e. The normalized spacial score (nSPS) is 10.7. The van der Waals surface area contributed by atoms with Gasteiger partial charge in [0.05, 0.1) is 24.1 Å². The van der Waals surface area contributed by atoms with Crippen LogP contribution in [0.25, 0.3) is 44.5 Å². The van der Waals surface area contributed by atoms with Gasteiger partial charge in [0.2, 0.25) is 5.89 Å². The van der Waals surface area contributed by atoms with Crippen LogP contribution < -0.4 is 74.1 Å². The van der Waals surface area contributed by atoms with Crippen molar-refractivity contribution in [1.82, 2.24) is 4.98 Å². The van der Waals surface area contributed by atoms with Crippen LogP contribution in [-0.4, -0.2) is 23.5 Å². The molecule has 0 saturated heterocycles. The summed E-state index contributed by atoms with van der Waals surface area (Å²) in [5.74, 6) is -3.74. The Hall–Kier alpha value is -2.65. The SMILES string of the molecule is O=C([O-])C(CCCCCOc1cc2ccccc2cc1-c1nc2cc(-c3ccccc3)ccc2o1)C(=O)[O-].[Na+].[Na+]. The number of ether oxygens (including phenoxy) is 1. The Labute approximate surface area is 276 Å². The molecule has 0 N–H and O–H groups in total. The van der Waals surface area contributed by atoms with Gasteiger partial charge in [0.25, 0.3) is 0 Å². The second-order valence-electron chi connectivity index (χ2n) is 9.15. The first-order chi connectivity index (χ1) is 18.5. The van der Waals surface area contributed by atoms with Crippen LogP contribution >= 0.6 is 0 Å². The van der Waals surface area contributed by atoms with Crippen molar-refractivity contribution in [3.63, 3.8) is 0 Å². The summed E-state index contributed by atoms with van der Waals surface area (Å²) in [7, 11) is 0. The van der Waals surface area contributed by atoms with Gasteiger partial charge < -0.3 is 29.0 Å². The molecule has 7 nitrogen and oxygen atoms in total. The van der Waals surface area contributed by atoms with Gasteiger partial charge in [-0.3, -0.25) is 0 Å². The first kappa shape index (κ1) is 31.9. The molecule has 0 saturated carbocycles. The molecule has 5 rings (SSSR count). The van der Waals surface area contributed by atoms with Gasteiger partial charge >= 0.3 is 59.1 Å². The first-order valence-corrected chi connectivity index (χ1v) is 12.5. The van der Waals surface area contributed by atoms with E-state index in [-0.39, 0.29) is 65.5 Å². The number of benzene rings is 4. The van der Waals surface area contributed by atoms with Crippen molar-refractivity contribution in [3.05, 3.63) is 84.9 Å². The van der Waals surface area contributed by atoms with Gasteiger partial charge in [-0.25, -0.2) is 4.98 Å². The van der Waals surface area contributed by atoms with Crippen LogP contribution in [0.3, 0.4) is 0 Å². The molecule has 0 amide bonds. The van der Waals surface area contributed by atoms with Crippen LogP contribution in [-0.2, 0) is 9.59 Å². The molecular weight excluding hydrogens is 528 g/mol. The first-order valence-electron chi connectivity index (χ1n) is 12.5. The topological polar surface area (TPSA) is 116 Å². The number of hydrogen-bond donors (Lipinski definition) is 0. The average molecular weight is 554 g/mol. The van der Waals surface area contributed by atoms with E-state index in [1.807, 2.05) is 72.8 Å². The molecule has 0 radical (unpaired) electrons. The van der Waals surface area contributed by atoms with Gasteiger partial charge in [-0.05, 0) is 59.0 Å². The van der Waals surface area contributed by atoms with E-state index in [0.29, 0.717) is 43.1 Å². The van der Waals surface area contributed by atoms with Crippen LogP contribution in [0.1, 0.15) is 25.7 Å². The van der Waals surface area contributed by atoms with E-state index in [2.05, 4.69) is 12.1 Å². The predicted octanol–water partition coefficient (Wildman–Crippen LogP) is -1.62. The monoisotopic (exact) mass is 553 g/mol. The number of nitrogens with zero attached hydrogens (tertiary/aromatic N) is 1. The molecule has 5 aromatic rings. The Balaban J connectivity index is 0.00000220. The molecule has 1 aromatic heterocycles. The van der Waals surface area contributed by atoms with E-state index in [9.17, 15) is 19.8 Å². The molecule has 0 bridgehead atoms. The van der Waals surface area contributed by atoms with Crippen LogP contribution in [0.5, 0.6) is 5.75 Å². The molecule has 4 aromatic carbocycles. The number of unbranched alkanes of at least 4 members (excludes halogenated alkanes) is 2. The fourth-order valence-corrected chi connectivity index (χ4v) is 4.50. The van der Waals surface area contributed by atoms with Crippen molar-refractivity contribution in [1.29, 1.82) is 0 Å². The van der Waals surface area contributed by atoms with Crippen molar-refractivity contribution in [2.24, 2.45) is 5.92 Å². The molecule has 0 aliphatic heterocycles. The number of carbonyl (C=O) groups is 2. The van der Waals surface area contributed by atoms with E-state index >= 15 is 0 Å². The van der Waals surface area contributed by atoms with Crippen molar-refractivity contribution in [3.8, 4) is 28.3 Å². The van der Waals surface area contributed by atoms with Crippen LogP contribution in [0, 0.1) is 5.92 Å². The summed E-state index contributed by atoms with van der Waals surface area (Å²) in [4.78, 5) is 26.6.